The van der Waals surface area contributed by atoms with Crippen molar-refractivity contribution in [1.29, 1.82) is 0 Å². The lowest BCUT2D eigenvalue weighted by molar-refractivity contribution is -0.127. The molecule has 1 aliphatic heterocycles. The third-order valence-electron chi connectivity index (χ3n) is 4.54. The molecule has 1 amide bonds. The van der Waals surface area contributed by atoms with Crippen LogP contribution in [0.2, 0.25) is 0 Å². The lowest BCUT2D eigenvalue weighted by Gasteiger charge is -2.36. The Bertz CT molecular complexity index is 289. The standard InChI is InChI=1S/C14H27N3O/c1-11(2)17-9-5-12(6-10-17)16-13(18)14(15)7-3-4-8-14/h11-12H,3-10,15H2,1-2H3,(H,16,18). The molecule has 0 aromatic rings. The third kappa shape index (κ3) is 3.04. The predicted molar refractivity (Wildman–Crippen MR) is 73.3 cm³/mol. The highest BCUT2D eigenvalue weighted by atomic mass is 16.2. The average Bonchev–Trinajstić information content (AvgIpc) is 2.78. The maximum Gasteiger partial charge on any atom is 0.240 e. The second-order valence-electron chi connectivity index (χ2n) is 6.24. The molecule has 4 nitrogen and oxygen atoms in total. The normalized spacial score (nSPS) is 25.6. The van der Waals surface area contributed by atoms with Crippen LogP contribution in [0.3, 0.4) is 0 Å². The van der Waals surface area contributed by atoms with Gasteiger partial charge in [0, 0.05) is 25.2 Å². The molecule has 1 aliphatic carbocycles. The van der Waals surface area contributed by atoms with E-state index in [9.17, 15) is 4.79 Å². The van der Waals surface area contributed by atoms with E-state index in [0.29, 0.717) is 12.1 Å². The second-order valence-corrected chi connectivity index (χ2v) is 6.24. The number of hydrogen-bond acceptors (Lipinski definition) is 3. The summed E-state index contributed by atoms with van der Waals surface area (Å²) >= 11 is 0. The van der Waals surface area contributed by atoms with E-state index in [2.05, 4.69) is 24.1 Å². The number of likely N-dealkylation sites (tertiary alicyclic amines) is 1. The summed E-state index contributed by atoms with van der Waals surface area (Å²) in [5, 5.41) is 3.17. The molecule has 0 aromatic heterocycles. The first-order valence-electron chi connectivity index (χ1n) is 7.35. The number of hydrogen-bond donors (Lipinski definition) is 2. The number of nitrogens with one attached hydrogen (secondary N) is 1. The van der Waals surface area contributed by atoms with Gasteiger partial charge in [-0.25, -0.2) is 0 Å². The fourth-order valence-electron chi connectivity index (χ4n) is 3.12. The van der Waals surface area contributed by atoms with Crippen LogP contribution in [0.5, 0.6) is 0 Å². The number of rotatable bonds is 3. The van der Waals surface area contributed by atoms with Crippen molar-refractivity contribution in [3.8, 4) is 0 Å². The van der Waals surface area contributed by atoms with Crippen LogP contribution < -0.4 is 11.1 Å². The minimum Gasteiger partial charge on any atom is -0.352 e. The summed E-state index contributed by atoms with van der Waals surface area (Å²) in [6.07, 6.45) is 6.00. The molecule has 0 bridgehead atoms. The molecule has 0 aromatic carbocycles. The van der Waals surface area contributed by atoms with E-state index >= 15 is 0 Å². The van der Waals surface area contributed by atoms with Gasteiger partial charge in [-0.15, -0.1) is 0 Å². The summed E-state index contributed by atoms with van der Waals surface area (Å²) in [5.74, 6) is 0.0861. The van der Waals surface area contributed by atoms with Gasteiger partial charge in [-0.05, 0) is 39.5 Å². The van der Waals surface area contributed by atoms with Gasteiger partial charge in [-0.1, -0.05) is 12.8 Å². The molecule has 0 unspecified atom stereocenters. The van der Waals surface area contributed by atoms with Crippen molar-refractivity contribution in [2.45, 2.75) is 70.0 Å². The summed E-state index contributed by atoms with van der Waals surface area (Å²) in [7, 11) is 0. The molecule has 3 N–H and O–H groups in total. The van der Waals surface area contributed by atoms with Gasteiger partial charge in [0.1, 0.15) is 0 Å². The van der Waals surface area contributed by atoms with Gasteiger partial charge in [-0.3, -0.25) is 4.79 Å². The number of piperidine rings is 1. The lowest BCUT2D eigenvalue weighted by Crippen LogP contribution is -2.56. The zero-order chi connectivity index (χ0) is 13.2. The van der Waals surface area contributed by atoms with E-state index in [1.807, 2.05) is 0 Å². The summed E-state index contributed by atoms with van der Waals surface area (Å²) < 4.78 is 0. The molecule has 2 rings (SSSR count). The topological polar surface area (TPSA) is 58.4 Å². The Morgan fingerprint density at radius 3 is 2.33 bits per heavy atom. The van der Waals surface area contributed by atoms with Gasteiger partial charge in [0.05, 0.1) is 5.54 Å². The Balaban J connectivity index is 1.79. The fraction of sp³-hybridized carbons (Fsp3) is 0.929. The molecule has 4 heteroatoms. The van der Waals surface area contributed by atoms with Crippen LogP contribution in [0, 0.1) is 0 Å². The zero-order valence-electron chi connectivity index (χ0n) is 11.7. The van der Waals surface area contributed by atoms with Gasteiger partial charge < -0.3 is 16.0 Å². The SMILES string of the molecule is CC(C)N1CCC(NC(=O)C2(N)CCCC2)CC1. The monoisotopic (exact) mass is 253 g/mol. The zero-order valence-corrected chi connectivity index (χ0v) is 11.7. The Morgan fingerprint density at radius 2 is 1.83 bits per heavy atom. The van der Waals surface area contributed by atoms with E-state index in [1.165, 1.54) is 0 Å². The molecule has 1 saturated heterocycles. The van der Waals surface area contributed by atoms with E-state index in [-0.39, 0.29) is 5.91 Å². The van der Waals surface area contributed by atoms with Gasteiger partial charge in [0.2, 0.25) is 5.91 Å². The molecular weight excluding hydrogens is 226 g/mol. The molecule has 2 fully saturated rings. The van der Waals surface area contributed by atoms with Crippen LogP contribution in [-0.4, -0.2) is 41.5 Å². The van der Waals surface area contributed by atoms with Crippen LogP contribution in [0.25, 0.3) is 0 Å². The predicted octanol–water partition coefficient (Wildman–Crippen LogP) is 1.25. The number of amides is 1. The van der Waals surface area contributed by atoms with Gasteiger partial charge in [0.25, 0.3) is 0 Å². The maximum absolute atomic E-state index is 12.2. The number of carbonyl (C=O) groups excluding carboxylic acids is 1. The van der Waals surface area contributed by atoms with E-state index in [0.717, 1.165) is 51.6 Å². The first kappa shape index (κ1) is 13.8. The first-order valence-corrected chi connectivity index (χ1v) is 7.35. The van der Waals surface area contributed by atoms with Crippen LogP contribution in [0.1, 0.15) is 52.4 Å². The highest BCUT2D eigenvalue weighted by molar-refractivity contribution is 5.86. The number of nitrogens with two attached hydrogens (primary N) is 1. The van der Waals surface area contributed by atoms with Gasteiger partial charge in [0.15, 0.2) is 0 Å². The molecule has 0 spiro atoms. The smallest absolute Gasteiger partial charge is 0.240 e. The van der Waals surface area contributed by atoms with Gasteiger partial charge >= 0.3 is 0 Å². The summed E-state index contributed by atoms with van der Waals surface area (Å²) in [6, 6.07) is 0.936. The largest absolute Gasteiger partial charge is 0.352 e. The van der Waals surface area contributed by atoms with Crippen molar-refractivity contribution >= 4 is 5.91 Å². The molecular formula is C14H27N3O. The Labute approximate surface area is 110 Å². The Kier molecular flexibility index (Phi) is 4.28. The molecule has 0 atom stereocenters. The third-order valence-corrected chi connectivity index (χ3v) is 4.54. The molecule has 1 saturated carbocycles. The van der Waals surface area contributed by atoms with E-state index < -0.39 is 5.54 Å². The van der Waals surface area contributed by atoms with Crippen LogP contribution >= 0.6 is 0 Å². The van der Waals surface area contributed by atoms with Crippen molar-refractivity contribution in [3.05, 3.63) is 0 Å². The van der Waals surface area contributed by atoms with Crippen molar-refractivity contribution in [3.63, 3.8) is 0 Å². The lowest BCUT2D eigenvalue weighted by atomic mass is 9.96. The van der Waals surface area contributed by atoms with Crippen molar-refractivity contribution in [1.82, 2.24) is 10.2 Å². The quantitative estimate of drug-likeness (QED) is 0.796. The summed E-state index contributed by atoms with van der Waals surface area (Å²) in [4.78, 5) is 14.7. The minimum absolute atomic E-state index is 0.0861. The Hall–Kier alpha value is -0.610. The fourth-order valence-corrected chi connectivity index (χ4v) is 3.12. The number of nitrogens with zero attached hydrogens (tertiary/aromatic N) is 1. The number of carbonyl (C=O) groups is 1. The molecule has 2 aliphatic rings. The minimum atomic E-state index is -0.574. The maximum atomic E-state index is 12.2. The second kappa shape index (κ2) is 5.57. The summed E-state index contributed by atoms with van der Waals surface area (Å²) in [5.41, 5.74) is 5.60. The Morgan fingerprint density at radius 1 is 1.28 bits per heavy atom. The molecule has 18 heavy (non-hydrogen) atoms. The highest BCUT2D eigenvalue weighted by Crippen LogP contribution is 2.27. The van der Waals surface area contributed by atoms with Crippen LogP contribution in [-0.2, 0) is 4.79 Å². The van der Waals surface area contributed by atoms with E-state index in [1.54, 1.807) is 0 Å². The molecule has 1 heterocycles. The molecule has 0 radical (unpaired) electrons. The van der Waals surface area contributed by atoms with Crippen LogP contribution in [0.4, 0.5) is 0 Å². The molecule has 104 valence electrons. The van der Waals surface area contributed by atoms with Crippen molar-refractivity contribution in [2.75, 3.05) is 13.1 Å². The first-order chi connectivity index (χ1) is 8.51. The van der Waals surface area contributed by atoms with Crippen molar-refractivity contribution in [2.24, 2.45) is 5.73 Å². The highest BCUT2D eigenvalue weighted by Gasteiger charge is 2.38. The van der Waals surface area contributed by atoms with Crippen molar-refractivity contribution < 1.29 is 4.79 Å². The summed E-state index contributed by atoms with van der Waals surface area (Å²) in [6.45, 7) is 6.62. The van der Waals surface area contributed by atoms with Crippen LogP contribution in [0.15, 0.2) is 0 Å². The van der Waals surface area contributed by atoms with Gasteiger partial charge in [-0.2, -0.15) is 0 Å². The van der Waals surface area contributed by atoms with E-state index in [4.69, 9.17) is 5.73 Å². The average molecular weight is 253 g/mol.